The Morgan fingerprint density at radius 3 is 2.46 bits per heavy atom. The fourth-order valence-corrected chi connectivity index (χ4v) is 5.71. The molecule has 4 rings (SSSR count). The molecular formula is C28H28Cl2N2O3. The number of aliphatic carboxylic acids is 1. The molecule has 1 amide bonds. The minimum Gasteiger partial charge on any atom is -0.481 e. The van der Waals surface area contributed by atoms with Crippen molar-refractivity contribution in [2.45, 2.75) is 51.1 Å². The monoisotopic (exact) mass is 510 g/mol. The summed E-state index contributed by atoms with van der Waals surface area (Å²) in [5.41, 5.74) is 1.73. The van der Waals surface area contributed by atoms with Crippen LogP contribution in [-0.2, 0) is 9.59 Å². The Bertz CT molecular complexity index is 1200. The number of carboxylic acid groups (broad SMARTS) is 1. The van der Waals surface area contributed by atoms with E-state index in [9.17, 15) is 14.7 Å². The first-order valence-corrected chi connectivity index (χ1v) is 12.4. The van der Waals surface area contributed by atoms with Gasteiger partial charge in [0, 0.05) is 28.4 Å². The molecule has 1 fully saturated rings. The molecule has 5 nitrogen and oxygen atoms in total. The first kappa shape index (κ1) is 25.2. The number of carboxylic acids is 1. The number of aromatic nitrogens is 1. The van der Waals surface area contributed by atoms with Crippen molar-refractivity contribution in [3.63, 3.8) is 0 Å². The van der Waals surface area contributed by atoms with Gasteiger partial charge in [-0.2, -0.15) is 0 Å². The maximum atomic E-state index is 14.2. The van der Waals surface area contributed by atoms with Crippen LogP contribution in [0.3, 0.4) is 0 Å². The lowest BCUT2D eigenvalue weighted by Crippen LogP contribution is -2.53. The first-order valence-electron chi connectivity index (χ1n) is 11.7. The third kappa shape index (κ3) is 5.21. The molecule has 35 heavy (non-hydrogen) atoms. The van der Waals surface area contributed by atoms with Gasteiger partial charge < -0.3 is 10.0 Å². The zero-order valence-corrected chi connectivity index (χ0v) is 21.2. The van der Waals surface area contributed by atoms with E-state index in [2.05, 4.69) is 4.98 Å². The Balaban J connectivity index is 1.95. The van der Waals surface area contributed by atoms with Crippen LogP contribution in [0.15, 0.2) is 73.1 Å². The van der Waals surface area contributed by atoms with E-state index in [4.69, 9.17) is 23.2 Å². The number of likely N-dealkylation sites (tertiary alicyclic amines) is 1. The maximum Gasteiger partial charge on any atom is 0.304 e. The highest BCUT2D eigenvalue weighted by Crippen LogP contribution is 2.54. The lowest BCUT2D eigenvalue weighted by atomic mass is 9.66. The molecule has 0 radical (unpaired) electrons. The molecule has 1 aliphatic heterocycles. The van der Waals surface area contributed by atoms with Crippen molar-refractivity contribution in [3.05, 3.63) is 99.8 Å². The van der Waals surface area contributed by atoms with Crippen LogP contribution in [0.5, 0.6) is 0 Å². The maximum absolute atomic E-state index is 14.2. The van der Waals surface area contributed by atoms with Gasteiger partial charge in [-0.05, 0) is 59.9 Å². The molecule has 2 aromatic carbocycles. The summed E-state index contributed by atoms with van der Waals surface area (Å²) in [6.45, 7) is 3.80. The van der Waals surface area contributed by atoms with Crippen LogP contribution in [0.1, 0.15) is 67.8 Å². The number of carbonyl (C=O) groups excluding carboxylic acids is 1. The van der Waals surface area contributed by atoms with Crippen molar-refractivity contribution in [2.24, 2.45) is 5.41 Å². The zero-order valence-electron chi connectivity index (χ0n) is 19.7. The lowest BCUT2D eigenvalue weighted by Gasteiger charge is -2.52. The molecule has 1 aliphatic rings. The molecule has 0 aliphatic carbocycles. The molecular weight excluding hydrogens is 483 g/mol. The van der Waals surface area contributed by atoms with E-state index in [0.29, 0.717) is 22.9 Å². The highest BCUT2D eigenvalue weighted by Gasteiger charge is 2.52. The lowest BCUT2D eigenvalue weighted by molar-refractivity contribution is -0.160. The quantitative estimate of drug-likeness (QED) is 0.368. The highest BCUT2D eigenvalue weighted by atomic mass is 35.5. The summed E-state index contributed by atoms with van der Waals surface area (Å²) in [5, 5.41) is 11.0. The molecule has 0 bridgehead atoms. The standard InChI is InChI=1S/C28H28Cl2N2O3/c1-3-24(20-7-5-13-31-17-20)32-26(18-9-11-21(29)12-10-18)23(19-6-4-8-22(30)14-19)15-28(2,27(32)35)16-25(33)34/h4-14,17,23-24,26H,3,15-16H2,1-2H3,(H,33,34)/t23-,24+,26-,28+/m1/s1. The second-order valence-electron chi connectivity index (χ2n) is 9.42. The third-order valence-electron chi connectivity index (χ3n) is 6.92. The molecule has 182 valence electrons. The number of pyridine rings is 1. The Labute approximate surface area is 215 Å². The van der Waals surface area contributed by atoms with Crippen LogP contribution >= 0.6 is 23.2 Å². The largest absolute Gasteiger partial charge is 0.481 e. The van der Waals surface area contributed by atoms with Gasteiger partial charge in [-0.3, -0.25) is 14.6 Å². The van der Waals surface area contributed by atoms with Crippen LogP contribution in [0.25, 0.3) is 0 Å². The second kappa shape index (κ2) is 10.4. The number of halogens is 2. The number of amides is 1. The van der Waals surface area contributed by atoms with Gasteiger partial charge in [0.2, 0.25) is 5.91 Å². The van der Waals surface area contributed by atoms with Crippen LogP contribution in [0.4, 0.5) is 0 Å². The molecule has 1 saturated heterocycles. The number of piperidine rings is 1. The van der Waals surface area contributed by atoms with Gasteiger partial charge in [0.05, 0.1) is 23.9 Å². The van der Waals surface area contributed by atoms with Crippen molar-refractivity contribution in [1.82, 2.24) is 9.88 Å². The van der Waals surface area contributed by atoms with Gasteiger partial charge in [-0.1, -0.05) is 67.4 Å². The number of benzene rings is 2. The van der Waals surface area contributed by atoms with E-state index in [1.807, 2.05) is 72.5 Å². The fraction of sp³-hybridized carbons (Fsp3) is 0.321. The van der Waals surface area contributed by atoms with E-state index in [-0.39, 0.29) is 30.3 Å². The van der Waals surface area contributed by atoms with Crippen LogP contribution < -0.4 is 0 Å². The number of nitrogens with zero attached hydrogens (tertiary/aromatic N) is 2. The van der Waals surface area contributed by atoms with Gasteiger partial charge in [0.1, 0.15) is 0 Å². The van der Waals surface area contributed by atoms with E-state index in [1.165, 1.54) is 0 Å². The average molecular weight is 511 g/mol. The smallest absolute Gasteiger partial charge is 0.304 e. The van der Waals surface area contributed by atoms with E-state index < -0.39 is 11.4 Å². The van der Waals surface area contributed by atoms with Gasteiger partial charge >= 0.3 is 5.97 Å². The molecule has 0 spiro atoms. The summed E-state index contributed by atoms with van der Waals surface area (Å²) in [6, 6.07) is 18.3. The van der Waals surface area contributed by atoms with Gasteiger partial charge in [0.25, 0.3) is 0 Å². The molecule has 3 aromatic rings. The summed E-state index contributed by atoms with van der Waals surface area (Å²) in [6.07, 6.45) is 4.25. The summed E-state index contributed by atoms with van der Waals surface area (Å²) < 4.78 is 0. The Morgan fingerprint density at radius 1 is 1.11 bits per heavy atom. The Morgan fingerprint density at radius 2 is 1.86 bits per heavy atom. The number of rotatable bonds is 7. The van der Waals surface area contributed by atoms with E-state index in [1.54, 1.807) is 19.3 Å². The number of hydrogen-bond acceptors (Lipinski definition) is 3. The summed E-state index contributed by atoms with van der Waals surface area (Å²) in [5.74, 6) is -1.35. The van der Waals surface area contributed by atoms with Crippen LogP contribution in [-0.4, -0.2) is 26.9 Å². The predicted molar refractivity (Wildman–Crippen MR) is 137 cm³/mol. The number of hydrogen-bond donors (Lipinski definition) is 1. The minimum atomic E-state index is -1.09. The van der Waals surface area contributed by atoms with Crippen LogP contribution in [0, 0.1) is 5.41 Å². The van der Waals surface area contributed by atoms with Gasteiger partial charge in [-0.25, -0.2) is 0 Å². The van der Waals surface area contributed by atoms with Crippen molar-refractivity contribution < 1.29 is 14.7 Å². The molecule has 0 saturated carbocycles. The van der Waals surface area contributed by atoms with Crippen molar-refractivity contribution in [2.75, 3.05) is 0 Å². The molecule has 7 heteroatoms. The normalized spacial score (nSPS) is 23.2. The Hall–Kier alpha value is -2.89. The van der Waals surface area contributed by atoms with Crippen molar-refractivity contribution in [1.29, 1.82) is 0 Å². The SMILES string of the molecule is CC[C@@H](c1cccnc1)N1C(=O)[C@](C)(CC(=O)O)C[C@H](c2cccc(Cl)c2)[C@H]1c1ccc(Cl)cc1. The van der Waals surface area contributed by atoms with Gasteiger partial charge in [-0.15, -0.1) is 0 Å². The topological polar surface area (TPSA) is 70.5 Å². The van der Waals surface area contributed by atoms with Crippen LogP contribution in [0.2, 0.25) is 10.0 Å². The second-order valence-corrected chi connectivity index (χ2v) is 10.3. The van der Waals surface area contributed by atoms with E-state index in [0.717, 1.165) is 16.7 Å². The molecule has 0 unspecified atom stereocenters. The molecule has 4 atom stereocenters. The summed E-state index contributed by atoms with van der Waals surface area (Å²) >= 11 is 12.6. The highest BCUT2D eigenvalue weighted by molar-refractivity contribution is 6.30. The predicted octanol–water partition coefficient (Wildman–Crippen LogP) is 7.08. The van der Waals surface area contributed by atoms with Gasteiger partial charge in [0.15, 0.2) is 0 Å². The molecule has 1 N–H and O–H groups in total. The Kier molecular flexibility index (Phi) is 7.48. The average Bonchev–Trinajstić information content (AvgIpc) is 2.83. The fourth-order valence-electron chi connectivity index (χ4n) is 5.39. The molecule has 1 aromatic heterocycles. The molecule has 2 heterocycles. The number of carbonyl (C=O) groups is 2. The van der Waals surface area contributed by atoms with Crippen molar-refractivity contribution >= 4 is 35.1 Å². The first-order chi connectivity index (χ1) is 16.7. The van der Waals surface area contributed by atoms with E-state index >= 15 is 0 Å². The summed E-state index contributed by atoms with van der Waals surface area (Å²) in [4.78, 5) is 32.3. The zero-order chi connectivity index (χ0) is 25.2. The minimum absolute atomic E-state index is 0.172. The third-order valence-corrected chi connectivity index (χ3v) is 7.41. The summed E-state index contributed by atoms with van der Waals surface area (Å²) in [7, 11) is 0. The van der Waals surface area contributed by atoms with Crippen molar-refractivity contribution in [3.8, 4) is 0 Å².